The van der Waals surface area contributed by atoms with Crippen LogP contribution in [0.2, 0.25) is 0 Å². The molecule has 1 saturated heterocycles. The second-order valence-corrected chi connectivity index (χ2v) is 4.01. The monoisotopic (exact) mass is 222 g/mol. The third-order valence-electron chi connectivity index (χ3n) is 2.77. The Kier molecular flexibility index (Phi) is 4.63. The number of benzene rings is 1. The molecule has 17 heavy (non-hydrogen) atoms. The third-order valence-corrected chi connectivity index (χ3v) is 2.77. The van der Waals surface area contributed by atoms with E-state index < -0.39 is 5.97 Å². The molecule has 2 rings (SSSR count). The molecule has 0 amide bonds. The number of aliphatic carboxylic acids is 1. The SMILES string of the molecule is N#Cc1ccc(N2CC(CC(=O)[O-])C2)cc1.[Li+]. The van der Waals surface area contributed by atoms with Crippen LogP contribution in [0.25, 0.3) is 0 Å². The van der Waals surface area contributed by atoms with Crippen molar-refractivity contribution in [2.24, 2.45) is 5.92 Å². The van der Waals surface area contributed by atoms with Gasteiger partial charge in [0.2, 0.25) is 0 Å². The molecule has 0 radical (unpaired) electrons. The van der Waals surface area contributed by atoms with Gasteiger partial charge in [0.15, 0.2) is 0 Å². The molecule has 0 atom stereocenters. The molecule has 0 aliphatic carbocycles. The molecule has 1 fully saturated rings. The Hall–Kier alpha value is -1.42. The van der Waals surface area contributed by atoms with Crippen molar-refractivity contribution in [1.29, 1.82) is 5.26 Å². The van der Waals surface area contributed by atoms with Gasteiger partial charge in [0.25, 0.3) is 0 Å². The maximum atomic E-state index is 10.4. The van der Waals surface area contributed by atoms with Gasteiger partial charge in [0.1, 0.15) is 0 Å². The number of carbonyl (C=O) groups excluding carboxylic acids is 1. The number of hydrogen-bond donors (Lipinski definition) is 0. The number of nitrogens with zero attached hydrogens (tertiary/aromatic N) is 2. The Morgan fingerprint density at radius 2 is 2.00 bits per heavy atom. The summed E-state index contributed by atoms with van der Waals surface area (Å²) in [5, 5.41) is 19.0. The average Bonchev–Trinajstić information content (AvgIpc) is 2.23. The Bertz CT molecular complexity index is 433. The minimum absolute atomic E-state index is 0. The van der Waals surface area contributed by atoms with Gasteiger partial charge in [-0.1, -0.05) is 0 Å². The van der Waals surface area contributed by atoms with Crippen LogP contribution in [0.3, 0.4) is 0 Å². The summed E-state index contributed by atoms with van der Waals surface area (Å²) >= 11 is 0. The van der Waals surface area contributed by atoms with Crippen LogP contribution in [-0.2, 0) is 4.79 Å². The van der Waals surface area contributed by atoms with Gasteiger partial charge in [0, 0.05) is 24.7 Å². The van der Waals surface area contributed by atoms with Crippen LogP contribution in [0, 0.1) is 17.2 Å². The number of hydrogen-bond acceptors (Lipinski definition) is 4. The van der Waals surface area contributed by atoms with Crippen LogP contribution in [0.4, 0.5) is 5.69 Å². The zero-order valence-electron chi connectivity index (χ0n) is 9.72. The van der Waals surface area contributed by atoms with Crippen LogP contribution in [-0.4, -0.2) is 19.1 Å². The Morgan fingerprint density at radius 3 is 2.47 bits per heavy atom. The standard InChI is InChI=1S/C12H12N2O2.Li/c13-6-9-1-3-11(4-2-9)14-7-10(8-14)5-12(15)16;/h1-4,10H,5,7-8H2,(H,15,16);/q;+1/p-1. The molecule has 0 aromatic heterocycles. The van der Waals surface area contributed by atoms with E-state index in [1.165, 1.54) is 0 Å². The molecule has 1 aliphatic heterocycles. The fraction of sp³-hybridized carbons (Fsp3) is 0.333. The van der Waals surface area contributed by atoms with Crippen LogP contribution in [0.15, 0.2) is 24.3 Å². The maximum Gasteiger partial charge on any atom is 1.00 e. The normalized spacial score (nSPS) is 14.4. The number of carboxylic acid groups (broad SMARTS) is 1. The molecule has 1 aromatic carbocycles. The molecule has 1 aromatic rings. The largest absolute Gasteiger partial charge is 1.00 e. The number of carbonyl (C=O) groups is 1. The van der Waals surface area contributed by atoms with Crippen LogP contribution < -0.4 is 28.9 Å². The van der Waals surface area contributed by atoms with E-state index in [-0.39, 0.29) is 31.2 Å². The smallest absolute Gasteiger partial charge is 0.550 e. The van der Waals surface area contributed by atoms with Crippen molar-refractivity contribution in [3.8, 4) is 6.07 Å². The van der Waals surface area contributed by atoms with E-state index >= 15 is 0 Å². The summed E-state index contributed by atoms with van der Waals surface area (Å²) < 4.78 is 0. The second-order valence-electron chi connectivity index (χ2n) is 4.01. The van der Waals surface area contributed by atoms with E-state index in [0.717, 1.165) is 18.8 Å². The first-order valence-electron chi connectivity index (χ1n) is 5.14. The first-order chi connectivity index (χ1) is 7.69. The van der Waals surface area contributed by atoms with E-state index in [0.29, 0.717) is 5.56 Å². The topological polar surface area (TPSA) is 67.2 Å². The zero-order chi connectivity index (χ0) is 11.5. The van der Waals surface area contributed by atoms with Crippen LogP contribution >= 0.6 is 0 Å². The summed E-state index contributed by atoms with van der Waals surface area (Å²) in [6.07, 6.45) is 0.132. The van der Waals surface area contributed by atoms with Gasteiger partial charge >= 0.3 is 18.9 Å². The predicted octanol–water partition coefficient (Wildman–Crippen LogP) is -2.86. The Morgan fingerprint density at radius 1 is 1.41 bits per heavy atom. The molecule has 5 heteroatoms. The summed E-state index contributed by atoms with van der Waals surface area (Å²) in [5.74, 6) is -0.787. The number of rotatable bonds is 3. The minimum atomic E-state index is -0.982. The van der Waals surface area contributed by atoms with Crippen LogP contribution in [0.5, 0.6) is 0 Å². The molecular formula is C12H11LiN2O2. The number of nitriles is 1. The van der Waals surface area contributed by atoms with Crippen molar-refractivity contribution in [2.45, 2.75) is 6.42 Å². The minimum Gasteiger partial charge on any atom is -0.550 e. The molecule has 0 spiro atoms. The molecule has 0 unspecified atom stereocenters. The van der Waals surface area contributed by atoms with Gasteiger partial charge in [-0.2, -0.15) is 5.26 Å². The fourth-order valence-electron chi connectivity index (χ4n) is 1.89. The van der Waals surface area contributed by atoms with Crippen molar-refractivity contribution in [2.75, 3.05) is 18.0 Å². The molecule has 4 nitrogen and oxygen atoms in total. The summed E-state index contributed by atoms with van der Waals surface area (Å²) in [7, 11) is 0. The van der Waals surface area contributed by atoms with Crippen molar-refractivity contribution in [3.05, 3.63) is 29.8 Å². The van der Waals surface area contributed by atoms with Gasteiger partial charge in [0.05, 0.1) is 11.6 Å². The van der Waals surface area contributed by atoms with Crippen molar-refractivity contribution >= 4 is 11.7 Å². The van der Waals surface area contributed by atoms with E-state index in [2.05, 4.69) is 11.0 Å². The van der Waals surface area contributed by atoms with E-state index in [1.54, 1.807) is 12.1 Å². The summed E-state index contributed by atoms with van der Waals surface area (Å²) in [6.45, 7) is 1.50. The van der Waals surface area contributed by atoms with E-state index in [1.807, 2.05) is 12.1 Å². The molecule has 0 saturated carbocycles. The van der Waals surface area contributed by atoms with Crippen molar-refractivity contribution < 1.29 is 28.8 Å². The summed E-state index contributed by atoms with van der Waals surface area (Å²) in [6, 6.07) is 9.36. The Balaban J connectivity index is 0.00000144. The van der Waals surface area contributed by atoms with Gasteiger partial charge in [-0.05, 0) is 36.6 Å². The molecule has 82 valence electrons. The average molecular weight is 222 g/mol. The quantitative estimate of drug-likeness (QED) is 0.516. The zero-order valence-corrected chi connectivity index (χ0v) is 9.72. The molecular weight excluding hydrogens is 211 g/mol. The molecule has 0 bridgehead atoms. The fourth-order valence-corrected chi connectivity index (χ4v) is 1.89. The van der Waals surface area contributed by atoms with Crippen LogP contribution in [0.1, 0.15) is 12.0 Å². The van der Waals surface area contributed by atoms with Gasteiger partial charge < -0.3 is 14.8 Å². The maximum absolute atomic E-state index is 10.4. The van der Waals surface area contributed by atoms with Crippen molar-refractivity contribution in [1.82, 2.24) is 0 Å². The number of anilines is 1. The third kappa shape index (κ3) is 3.26. The van der Waals surface area contributed by atoms with Gasteiger partial charge in [-0.15, -0.1) is 0 Å². The Labute approximate surface area is 112 Å². The van der Waals surface area contributed by atoms with E-state index in [4.69, 9.17) is 5.26 Å². The predicted molar refractivity (Wildman–Crippen MR) is 56.5 cm³/mol. The first-order valence-corrected chi connectivity index (χ1v) is 5.14. The van der Waals surface area contributed by atoms with Gasteiger partial charge in [-0.25, -0.2) is 0 Å². The molecule has 1 aliphatic rings. The van der Waals surface area contributed by atoms with Crippen molar-refractivity contribution in [3.63, 3.8) is 0 Å². The second kappa shape index (κ2) is 5.77. The van der Waals surface area contributed by atoms with Gasteiger partial charge in [-0.3, -0.25) is 0 Å². The summed E-state index contributed by atoms with van der Waals surface area (Å²) in [5.41, 5.74) is 1.67. The summed E-state index contributed by atoms with van der Waals surface area (Å²) in [4.78, 5) is 12.5. The number of carboxylic acids is 1. The van der Waals surface area contributed by atoms with E-state index in [9.17, 15) is 9.90 Å². The first kappa shape index (κ1) is 13.6. The molecule has 1 heterocycles. The molecule has 0 N–H and O–H groups in total.